The lowest BCUT2D eigenvalue weighted by atomic mass is 10.1. The summed E-state index contributed by atoms with van der Waals surface area (Å²) in [7, 11) is 3.06. The summed E-state index contributed by atoms with van der Waals surface area (Å²) in [5.74, 6) is 0.00989. The molecule has 5 rings (SSSR count). The molecule has 0 aliphatic carbocycles. The zero-order valence-electron chi connectivity index (χ0n) is 24.4. The van der Waals surface area contributed by atoms with Crippen molar-refractivity contribution in [1.82, 2.24) is 29.4 Å². The fourth-order valence-corrected chi connectivity index (χ4v) is 5.83. The maximum Gasteiger partial charge on any atom is 0.332 e. The fourth-order valence-electron chi connectivity index (χ4n) is 4.59. The van der Waals surface area contributed by atoms with Gasteiger partial charge in [0.25, 0.3) is 5.56 Å². The van der Waals surface area contributed by atoms with E-state index in [0.29, 0.717) is 51.5 Å². The number of ether oxygens (including phenoxy) is 2. The molecule has 1 amide bonds. The van der Waals surface area contributed by atoms with E-state index in [4.69, 9.17) is 9.84 Å². The van der Waals surface area contributed by atoms with Crippen LogP contribution in [-0.4, -0.2) is 69.1 Å². The van der Waals surface area contributed by atoms with Crippen LogP contribution in [0.4, 0.5) is 4.39 Å². The smallest absolute Gasteiger partial charge is 0.332 e. The minimum Gasteiger partial charge on any atom is -0.496 e. The molecule has 228 valence electrons. The van der Waals surface area contributed by atoms with E-state index in [9.17, 15) is 18.8 Å². The Morgan fingerprint density at radius 3 is 2.45 bits per heavy atom. The lowest BCUT2D eigenvalue weighted by Gasteiger charge is -2.25. The first-order chi connectivity index (χ1) is 20.3. The van der Waals surface area contributed by atoms with E-state index in [2.05, 4.69) is 20.3 Å². The summed E-state index contributed by atoms with van der Waals surface area (Å²) in [6, 6.07) is 3.78. The molecule has 0 saturated carbocycles. The van der Waals surface area contributed by atoms with Crippen molar-refractivity contribution in [2.45, 2.75) is 52.6 Å². The highest BCUT2D eigenvalue weighted by Gasteiger charge is 2.27. The number of thiophene rings is 1. The average molecular weight is 605 g/mol. The van der Waals surface area contributed by atoms with Gasteiger partial charge in [-0.05, 0) is 43.5 Å². The van der Waals surface area contributed by atoms with Crippen molar-refractivity contribution in [3.8, 4) is 10.8 Å². The number of halogens is 1. The van der Waals surface area contributed by atoms with Gasteiger partial charge in [0.05, 0.1) is 44.1 Å². The molecule has 12 nitrogen and oxygen atoms in total. The van der Waals surface area contributed by atoms with Gasteiger partial charge in [0.1, 0.15) is 21.4 Å². The van der Waals surface area contributed by atoms with Crippen LogP contribution in [0.1, 0.15) is 43.9 Å². The van der Waals surface area contributed by atoms with E-state index in [1.165, 1.54) is 52.3 Å². The zero-order chi connectivity index (χ0) is 30.8. The van der Waals surface area contributed by atoms with Gasteiger partial charge in [0, 0.05) is 32.2 Å². The summed E-state index contributed by atoms with van der Waals surface area (Å²) in [5, 5.41) is 20.1. The van der Waals surface area contributed by atoms with Crippen molar-refractivity contribution >= 4 is 27.5 Å². The van der Waals surface area contributed by atoms with Gasteiger partial charge >= 0.3 is 5.69 Å². The Morgan fingerprint density at radius 2 is 1.88 bits per heavy atom. The van der Waals surface area contributed by atoms with Crippen LogP contribution in [0.2, 0.25) is 0 Å². The number of nitrogens with zero attached hydrogens (tertiary/aromatic N) is 5. The van der Waals surface area contributed by atoms with Gasteiger partial charge in [-0.1, -0.05) is 25.2 Å². The van der Waals surface area contributed by atoms with Gasteiger partial charge < -0.3 is 19.9 Å². The molecule has 1 aromatic carbocycles. The lowest BCUT2D eigenvalue weighted by molar-refractivity contribution is -0.122. The van der Waals surface area contributed by atoms with Crippen LogP contribution in [0.3, 0.4) is 0 Å². The molecule has 0 radical (unpaired) electrons. The second kappa shape index (κ2) is 15.4. The first kappa shape index (κ1) is 32.6. The second-order valence-corrected chi connectivity index (χ2v) is 10.0. The van der Waals surface area contributed by atoms with Gasteiger partial charge in [-0.3, -0.25) is 18.7 Å². The van der Waals surface area contributed by atoms with Gasteiger partial charge in [0.2, 0.25) is 5.91 Å². The van der Waals surface area contributed by atoms with Crippen LogP contribution in [0.15, 0.2) is 40.2 Å². The Morgan fingerprint density at radius 1 is 1.17 bits per heavy atom. The van der Waals surface area contributed by atoms with Crippen molar-refractivity contribution in [2.75, 3.05) is 34.0 Å². The van der Waals surface area contributed by atoms with Gasteiger partial charge in [-0.15, -0.1) is 4.80 Å². The molecule has 3 aromatic heterocycles. The second-order valence-electron chi connectivity index (χ2n) is 9.06. The summed E-state index contributed by atoms with van der Waals surface area (Å²) in [5.41, 5.74) is 0.396. The Labute approximate surface area is 246 Å². The van der Waals surface area contributed by atoms with Crippen LogP contribution >= 0.6 is 11.3 Å². The minimum atomic E-state index is -0.472. The molecule has 1 saturated heterocycles. The molecule has 1 aliphatic rings. The van der Waals surface area contributed by atoms with Crippen LogP contribution in [0, 0.1) is 12.7 Å². The van der Waals surface area contributed by atoms with E-state index >= 15 is 0 Å². The Balaban J connectivity index is 0.000000627. The fraction of sp³-hybridized carbons (Fsp3) is 0.464. The minimum absolute atomic E-state index is 0.104. The third-order valence-electron chi connectivity index (χ3n) is 6.57. The summed E-state index contributed by atoms with van der Waals surface area (Å²) in [6.45, 7) is 6.77. The number of carbonyl (C=O) groups is 1. The van der Waals surface area contributed by atoms with Gasteiger partial charge in [-0.25, -0.2) is 9.18 Å². The number of aliphatic hydroxyl groups is 1. The van der Waals surface area contributed by atoms with Crippen LogP contribution < -0.4 is 21.3 Å². The third kappa shape index (κ3) is 7.12. The highest BCUT2D eigenvalue weighted by atomic mass is 32.1. The molecular weight excluding hydrogens is 567 g/mol. The summed E-state index contributed by atoms with van der Waals surface area (Å²) < 4.78 is 26.5. The van der Waals surface area contributed by atoms with E-state index in [1.807, 2.05) is 13.8 Å². The quantitative estimate of drug-likeness (QED) is 0.313. The van der Waals surface area contributed by atoms with Gasteiger partial charge in [0.15, 0.2) is 0 Å². The Kier molecular flexibility index (Phi) is 11.9. The van der Waals surface area contributed by atoms with E-state index in [1.54, 1.807) is 24.7 Å². The normalized spacial score (nSPS) is 14.5. The number of aromatic nitrogens is 5. The molecule has 0 spiro atoms. The van der Waals surface area contributed by atoms with E-state index < -0.39 is 23.1 Å². The molecule has 0 bridgehead atoms. The predicted octanol–water partition coefficient (Wildman–Crippen LogP) is 2.61. The standard InChI is InChI=1S/C23H23FN6O4S.C3H8O2.C2H6/c1-13-19-20(32)29(16-4-6-18(31)25-12-16)23(33)28(22(19)35-21(13)30-26-8-9-27-30)10-7-14-11-15(24)3-5-17(14)34-2;1-5-3-2-4;1-2/h3,5,8-9,11,16H,4,6-7,10,12H2,1-2H3,(H,25,31);4H,2-3H2,1H3;1-2H3. The number of aliphatic hydroxyl groups excluding tert-OH is 1. The predicted molar refractivity (Wildman–Crippen MR) is 158 cm³/mol. The molecular formula is C28H37FN6O6S. The van der Waals surface area contributed by atoms with Crippen LogP contribution in [-0.2, 0) is 22.5 Å². The largest absolute Gasteiger partial charge is 0.496 e. The summed E-state index contributed by atoms with van der Waals surface area (Å²) in [4.78, 5) is 40.9. The molecule has 1 unspecified atom stereocenters. The van der Waals surface area contributed by atoms with Crippen LogP contribution in [0.5, 0.6) is 5.75 Å². The molecule has 4 heterocycles. The van der Waals surface area contributed by atoms with Crippen LogP contribution in [0.25, 0.3) is 15.2 Å². The lowest BCUT2D eigenvalue weighted by Crippen LogP contribution is -2.47. The molecule has 4 aromatic rings. The zero-order valence-corrected chi connectivity index (χ0v) is 25.2. The number of hydrogen-bond acceptors (Lipinski definition) is 9. The number of benzene rings is 1. The van der Waals surface area contributed by atoms with Crippen molar-refractivity contribution < 1.29 is 23.8 Å². The molecule has 2 N–H and O–H groups in total. The maximum atomic E-state index is 13.9. The number of methoxy groups -OCH3 is 2. The first-order valence-corrected chi connectivity index (χ1v) is 14.5. The monoisotopic (exact) mass is 604 g/mol. The number of piperidine rings is 1. The molecule has 1 atom stereocenters. The Bertz CT molecular complexity index is 1590. The molecule has 14 heteroatoms. The van der Waals surface area contributed by atoms with Crippen molar-refractivity contribution in [3.05, 3.63) is 68.4 Å². The number of nitrogens with one attached hydrogen (secondary N) is 1. The van der Waals surface area contributed by atoms with Gasteiger partial charge in [-0.2, -0.15) is 10.2 Å². The summed E-state index contributed by atoms with van der Waals surface area (Å²) in [6.07, 6.45) is 4.01. The molecule has 1 aliphatic heterocycles. The molecule has 42 heavy (non-hydrogen) atoms. The Hall–Kier alpha value is -3.88. The van der Waals surface area contributed by atoms with E-state index in [0.717, 1.165) is 0 Å². The summed E-state index contributed by atoms with van der Waals surface area (Å²) >= 11 is 1.25. The third-order valence-corrected chi connectivity index (χ3v) is 7.85. The topological polar surface area (TPSA) is 142 Å². The highest BCUT2D eigenvalue weighted by molar-refractivity contribution is 7.21. The van der Waals surface area contributed by atoms with Crippen molar-refractivity contribution in [1.29, 1.82) is 0 Å². The average Bonchev–Trinajstić information content (AvgIpc) is 3.64. The highest BCUT2D eigenvalue weighted by Crippen LogP contribution is 2.31. The number of carbonyl (C=O) groups excluding carboxylic acids is 1. The van der Waals surface area contributed by atoms with E-state index in [-0.39, 0.29) is 32.0 Å². The maximum absolute atomic E-state index is 13.9. The number of hydrogen-bond donors (Lipinski definition) is 2. The first-order valence-electron chi connectivity index (χ1n) is 13.6. The number of amides is 1. The number of rotatable bonds is 8. The number of fused-ring (bicyclic) bond motifs is 1. The molecule has 1 fully saturated rings. The van der Waals surface area contributed by atoms with Crippen molar-refractivity contribution in [2.24, 2.45) is 0 Å². The SMILES string of the molecule is CC.COCCO.COc1ccc(F)cc1CCn1c(=O)n(C2CCC(=O)NC2)c(=O)c2c(C)c(-n3nccn3)sc21. The van der Waals surface area contributed by atoms with Crippen molar-refractivity contribution in [3.63, 3.8) is 0 Å². The number of aryl methyl sites for hydroxylation is 3.